The van der Waals surface area contributed by atoms with Gasteiger partial charge in [0.1, 0.15) is 5.82 Å². The maximum atomic E-state index is 13.8. The molecule has 0 amide bonds. The fourth-order valence-corrected chi connectivity index (χ4v) is 4.71. The van der Waals surface area contributed by atoms with Gasteiger partial charge >= 0.3 is 5.69 Å². The Morgan fingerprint density at radius 2 is 1.86 bits per heavy atom. The third kappa shape index (κ3) is 4.89. The second-order valence-electron chi connectivity index (χ2n) is 9.64. The number of hydrogen-bond donors (Lipinski definition) is 1. The smallest absolute Gasteiger partial charge is 0.331 e. The van der Waals surface area contributed by atoms with Crippen molar-refractivity contribution in [2.75, 3.05) is 0 Å². The van der Waals surface area contributed by atoms with Gasteiger partial charge in [-0.25, -0.2) is 4.79 Å². The number of H-pyrrole nitrogens is 1. The number of nitrogens with zero attached hydrogens (tertiary/aromatic N) is 7. The van der Waals surface area contributed by atoms with Gasteiger partial charge in [0.05, 0.1) is 12.2 Å². The fourth-order valence-electron chi connectivity index (χ4n) is 4.71. The molecule has 0 unspecified atom stereocenters. The Hall–Kier alpha value is -4.27. The summed E-state index contributed by atoms with van der Waals surface area (Å²) in [5.74, 6) is 1.47. The largest absolute Gasteiger partial charge is 0.334 e. The van der Waals surface area contributed by atoms with Gasteiger partial charge < -0.3 is 4.57 Å². The van der Waals surface area contributed by atoms with E-state index in [1.54, 1.807) is 10.8 Å². The first-order chi connectivity index (χ1) is 18.0. The normalized spacial score (nSPS) is 11.5. The summed E-state index contributed by atoms with van der Waals surface area (Å²) in [5.41, 5.74) is 5.81. The molecule has 0 saturated heterocycles. The van der Waals surface area contributed by atoms with Crippen LogP contribution in [0.2, 0.25) is 0 Å². The Balaban J connectivity index is 1.52. The molecule has 0 atom stereocenters. The lowest BCUT2D eigenvalue weighted by molar-refractivity contribution is 0.582. The van der Waals surface area contributed by atoms with Crippen LogP contribution in [0, 0.1) is 6.92 Å². The number of imidazole rings is 1. The molecule has 4 heterocycles. The van der Waals surface area contributed by atoms with Crippen molar-refractivity contribution in [2.24, 2.45) is 0 Å². The van der Waals surface area contributed by atoms with Gasteiger partial charge in [0, 0.05) is 35.9 Å². The minimum Gasteiger partial charge on any atom is -0.331 e. The zero-order valence-electron chi connectivity index (χ0n) is 21.7. The van der Waals surface area contributed by atoms with Crippen molar-refractivity contribution in [3.8, 4) is 28.3 Å². The predicted octanol–water partition coefficient (Wildman–Crippen LogP) is 4.96. The first kappa shape index (κ1) is 24.4. The third-order valence-electron chi connectivity index (χ3n) is 6.65. The summed E-state index contributed by atoms with van der Waals surface area (Å²) < 4.78 is 5.83. The Kier molecular flexibility index (Phi) is 6.85. The van der Waals surface area contributed by atoms with E-state index < -0.39 is 0 Å². The first-order valence-electron chi connectivity index (χ1n) is 12.7. The SMILES string of the molecule is CCCCc1cn(-c2c(C)ccn2C(C)C)c(=O)n1Cc1cc(-c2cccc(-c3nn[nH]n3)c2)ccn1. The molecule has 5 aromatic rings. The fraction of sp³-hybridized carbons (Fsp3) is 0.321. The molecule has 0 bridgehead atoms. The van der Waals surface area contributed by atoms with Crippen LogP contribution < -0.4 is 5.69 Å². The van der Waals surface area contributed by atoms with Crippen LogP contribution in [-0.2, 0) is 13.0 Å². The van der Waals surface area contributed by atoms with Crippen molar-refractivity contribution < 1.29 is 0 Å². The number of aryl methyl sites for hydroxylation is 2. The lowest BCUT2D eigenvalue weighted by atomic mass is 10.0. The van der Waals surface area contributed by atoms with Gasteiger partial charge in [0.25, 0.3) is 0 Å². The molecule has 190 valence electrons. The zero-order valence-corrected chi connectivity index (χ0v) is 21.7. The molecule has 0 aliphatic rings. The standard InChI is InChI=1S/C28H32N8O/c1-5-6-10-25-18-36(27-20(4)12-14-34(27)19(2)3)28(37)35(25)17-24-16-22(11-13-29-24)21-8-7-9-23(15-21)26-30-32-33-31-26/h7-9,11-16,18-19H,5-6,10,17H2,1-4H3,(H,30,31,32,33). The molecule has 9 heteroatoms. The predicted molar refractivity (Wildman–Crippen MR) is 144 cm³/mol. The van der Waals surface area contributed by atoms with Gasteiger partial charge in [0.2, 0.25) is 5.82 Å². The van der Waals surface area contributed by atoms with E-state index in [1.807, 2.05) is 47.2 Å². The highest BCUT2D eigenvalue weighted by atomic mass is 16.1. The summed E-state index contributed by atoms with van der Waals surface area (Å²) in [4.78, 5) is 18.4. The van der Waals surface area contributed by atoms with Crippen LogP contribution in [0.5, 0.6) is 0 Å². The van der Waals surface area contributed by atoms with Gasteiger partial charge in [0.15, 0.2) is 0 Å². The number of aromatic amines is 1. The van der Waals surface area contributed by atoms with E-state index in [0.717, 1.165) is 58.7 Å². The quantitative estimate of drug-likeness (QED) is 0.311. The van der Waals surface area contributed by atoms with Crippen molar-refractivity contribution in [1.82, 2.24) is 39.3 Å². The van der Waals surface area contributed by atoms with E-state index in [0.29, 0.717) is 12.4 Å². The van der Waals surface area contributed by atoms with E-state index in [2.05, 4.69) is 70.1 Å². The highest BCUT2D eigenvalue weighted by molar-refractivity contribution is 5.70. The first-order valence-corrected chi connectivity index (χ1v) is 12.7. The van der Waals surface area contributed by atoms with Crippen LogP contribution in [0.25, 0.3) is 28.3 Å². The highest BCUT2D eigenvalue weighted by Gasteiger charge is 2.18. The number of tetrazole rings is 1. The Labute approximate surface area is 215 Å². The molecule has 0 spiro atoms. The van der Waals surface area contributed by atoms with Crippen LogP contribution in [-0.4, -0.2) is 39.3 Å². The summed E-state index contributed by atoms with van der Waals surface area (Å²) in [6.07, 6.45) is 8.78. The molecule has 5 rings (SSSR count). The molecule has 0 aliphatic carbocycles. The zero-order chi connectivity index (χ0) is 25.9. The highest BCUT2D eigenvalue weighted by Crippen LogP contribution is 2.25. The summed E-state index contributed by atoms with van der Waals surface area (Å²) in [6, 6.07) is 14.3. The number of nitrogens with one attached hydrogen (secondary N) is 1. The van der Waals surface area contributed by atoms with Crippen molar-refractivity contribution in [2.45, 2.75) is 59.5 Å². The van der Waals surface area contributed by atoms with Crippen molar-refractivity contribution >= 4 is 0 Å². The summed E-state index contributed by atoms with van der Waals surface area (Å²) >= 11 is 0. The molecule has 0 radical (unpaired) electrons. The van der Waals surface area contributed by atoms with E-state index in [9.17, 15) is 4.79 Å². The number of pyridine rings is 1. The third-order valence-corrected chi connectivity index (χ3v) is 6.65. The van der Waals surface area contributed by atoms with E-state index in [1.165, 1.54) is 0 Å². The average Bonchev–Trinajstić information content (AvgIpc) is 3.64. The summed E-state index contributed by atoms with van der Waals surface area (Å²) in [6.45, 7) is 8.89. The van der Waals surface area contributed by atoms with Crippen LogP contribution in [0.4, 0.5) is 0 Å². The number of aromatic nitrogens is 8. The Morgan fingerprint density at radius 3 is 2.62 bits per heavy atom. The molecule has 4 aromatic heterocycles. The molecular weight excluding hydrogens is 464 g/mol. The average molecular weight is 497 g/mol. The topological polar surface area (TPSA) is 99.2 Å². The summed E-state index contributed by atoms with van der Waals surface area (Å²) in [7, 11) is 0. The Bertz CT molecular complexity index is 1560. The molecule has 1 N–H and O–H groups in total. The molecule has 0 aliphatic heterocycles. The van der Waals surface area contributed by atoms with Crippen LogP contribution >= 0.6 is 0 Å². The van der Waals surface area contributed by atoms with Gasteiger partial charge in [-0.05, 0) is 79.8 Å². The summed E-state index contributed by atoms with van der Waals surface area (Å²) in [5, 5.41) is 14.3. The maximum absolute atomic E-state index is 13.8. The lowest BCUT2D eigenvalue weighted by Crippen LogP contribution is -2.27. The number of benzene rings is 1. The van der Waals surface area contributed by atoms with Crippen molar-refractivity contribution in [3.63, 3.8) is 0 Å². The van der Waals surface area contributed by atoms with Crippen LogP contribution in [0.1, 0.15) is 56.6 Å². The van der Waals surface area contributed by atoms with Gasteiger partial charge in [-0.2, -0.15) is 5.21 Å². The van der Waals surface area contributed by atoms with Gasteiger partial charge in [-0.3, -0.25) is 14.1 Å². The second kappa shape index (κ2) is 10.4. The van der Waals surface area contributed by atoms with Crippen LogP contribution in [0.3, 0.4) is 0 Å². The minimum absolute atomic E-state index is 0.0406. The minimum atomic E-state index is -0.0406. The molecular formula is C28H32N8O. The molecule has 37 heavy (non-hydrogen) atoms. The number of hydrogen-bond acceptors (Lipinski definition) is 5. The second-order valence-corrected chi connectivity index (χ2v) is 9.64. The van der Waals surface area contributed by atoms with E-state index >= 15 is 0 Å². The van der Waals surface area contributed by atoms with E-state index in [-0.39, 0.29) is 11.7 Å². The maximum Gasteiger partial charge on any atom is 0.334 e. The van der Waals surface area contributed by atoms with Crippen molar-refractivity contribution in [1.29, 1.82) is 0 Å². The monoisotopic (exact) mass is 496 g/mol. The molecule has 0 fully saturated rings. The molecule has 9 nitrogen and oxygen atoms in total. The van der Waals surface area contributed by atoms with Gasteiger partial charge in [-0.15, -0.1) is 10.2 Å². The number of unbranched alkanes of at least 4 members (excludes halogenated alkanes) is 1. The Morgan fingerprint density at radius 1 is 1.05 bits per heavy atom. The lowest BCUT2D eigenvalue weighted by Gasteiger charge is -2.14. The van der Waals surface area contributed by atoms with Gasteiger partial charge in [-0.1, -0.05) is 31.5 Å². The van der Waals surface area contributed by atoms with Crippen LogP contribution in [0.15, 0.2) is 65.8 Å². The van der Waals surface area contributed by atoms with Crippen molar-refractivity contribution in [3.05, 3.63) is 88.5 Å². The number of rotatable bonds is 9. The van der Waals surface area contributed by atoms with E-state index in [4.69, 9.17) is 0 Å². The molecule has 0 saturated carbocycles. The molecule has 1 aromatic carbocycles.